The molecule has 0 aromatic carbocycles. The average Bonchev–Trinajstić information content (AvgIpc) is 2.91. The van der Waals surface area contributed by atoms with E-state index in [1.165, 1.54) is 0 Å². The number of carboxylic acid groups (broad SMARTS) is 2. The van der Waals surface area contributed by atoms with Gasteiger partial charge in [-0.05, 0) is 6.42 Å². The van der Waals surface area contributed by atoms with Gasteiger partial charge >= 0.3 is 11.9 Å². The lowest BCUT2D eigenvalue weighted by Crippen LogP contribution is -2.55. The molecule has 0 saturated heterocycles. The van der Waals surface area contributed by atoms with Crippen LogP contribution in [0.1, 0.15) is 12.8 Å². The van der Waals surface area contributed by atoms with Crippen molar-refractivity contribution < 1.29 is 48.6 Å². The Balaban J connectivity index is 4.67. The molecule has 40 heavy (non-hydrogen) atoms. The van der Waals surface area contributed by atoms with Crippen LogP contribution < -0.4 is 37.6 Å². The van der Waals surface area contributed by atoms with Crippen molar-refractivity contribution in [2.24, 2.45) is 5.73 Å². The smallest absolute Gasteiger partial charge is 0.326 e. The quantitative estimate of drug-likeness (QED) is 0.0602. The molecule has 6 amide bonds. The highest BCUT2D eigenvalue weighted by Gasteiger charge is 2.25. The summed E-state index contributed by atoms with van der Waals surface area (Å²) in [4.78, 5) is 94.1. The number of carbonyl (C=O) groups excluding carboxylic acids is 6. The summed E-state index contributed by atoms with van der Waals surface area (Å²) in [7, 11) is 0. The summed E-state index contributed by atoms with van der Waals surface area (Å²) in [6, 6.07) is -4.80. The second-order valence-electron chi connectivity index (χ2n) is 7.94. The molecule has 20 heteroatoms. The highest BCUT2D eigenvalue weighted by Crippen LogP contribution is 1.98. The van der Waals surface area contributed by atoms with Gasteiger partial charge in [-0.1, -0.05) is 0 Å². The molecule has 10 N–H and O–H groups in total. The lowest BCUT2D eigenvalue weighted by atomic mass is 10.1. The monoisotopic (exact) mass is 627 g/mol. The number of rotatable bonds is 19. The third kappa shape index (κ3) is 15.4. The van der Waals surface area contributed by atoms with Crippen LogP contribution in [0.2, 0.25) is 0 Å². The Labute approximate surface area is 245 Å². The van der Waals surface area contributed by atoms with Gasteiger partial charge < -0.3 is 47.8 Å². The van der Waals surface area contributed by atoms with Crippen LogP contribution in [0.3, 0.4) is 0 Å². The van der Waals surface area contributed by atoms with E-state index in [9.17, 15) is 38.4 Å². The third-order valence-corrected chi connectivity index (χ3v) is 5.88. The molecule has 0 unspecified atom stereocenters. The van der Waals surface area contributed by atoms with Crippen molar-refractivity contribution in [2.45, 2.75) is 37.0 Å². The van der Waals surface area contributed by atoms with E-state index in [1.54, 1.807) is 0 Å². The normalized spacial score (nSPS) is 13.4. The molecule has 0 spiro atoms. The summed E-state index contributed by atoms with van der Waals surface area (Å²) < 4.78 is 0. The topological polar surface area (TPSA) is 275 Å². The summed E-state index contributed by atoms with van der Waals surface area (Å²) in [5.41, 5.74) is 5.47. The number of nitrogens with two attached hydrogens (primary N) is 1. The van der Waals surface area contributed by atoms with Crippen LogP contribution in [0.4, 0.5) is 0 Å². The first-order valence-corrected chi connectivity index (χ1v) is 13.4. The Morgan fingerprint density at radius 3 is 1.30 bits per heavy atom. The van der Waals surface area contributed by atoms with Crippen molar-refractivity contribution in [1.82, 2.24) is 31.9 Å². The first-order chi connectivity index (χ1) is 18.7. The number of nitrogens with one attached hydrogen (secondary N) is 6. The van der Waals surface area contributed by atoms with E-state index in [-0.39, 0.29) is 23.7 Å². The van der Waals surface area contributed by atoms with Crippen molar-refractivity contribution >= 4 is 85.3 Å². The maximum Gasteiger partial charge on any atom is 0.326 e. The molecule has 17 nitrogen and oxygen atoms in total. The van der Waals surface area contributed by atoms with Crippen molar-refractivity contribution in [2.75, 3.05) is 36.9 Å². The van der Waals surface area contributed by atoms with Crippen LogP contribution in [0.15, 0.2) is 0 Å². The van der Waals surface area contributed by atoms with Crippen LogP contribution in [0.25, 0.3) is 0 Å². The van der Waals surface area contributed by atoms with E-state index in [0.29, 0.717) is 0 Å². The lowest BCUT2D eigenvalue weighted by Gasteiger charge is -2.19. The van der Waals surface area contributed by atoms with Crippen molar-refractivity contribution in [3.8, 4) is 0 Å². The van der Waals surface area contributed by atoms with Crippen LogP contribution >= 0.6 is 37.9 Å². The highest BCUT2D eigenvalue weighted by molar-refractivity contribution is 7.80. The van der Waals surface area contributed by atoms with Gasteiger partial charge in [-0.2, -0.15) is 37.9 Å². The fourth-order valence-corrected chi connectivity index (χ4v) is 3.29. The summed E-state index contributed by atoms with van der Waals surface area (Å²) in [6.07, 6.45) is -0.871. The largest absolute Gasteiger partial charge is 0.481 e. The Hall–Kier alpha value is -3.23. The summed E-state index contributed by atoms with van der Waals surface area (Å²) in [5, 5.41) is 31.1. The maximum atomic E-state index is 12.3. The fourth-order valence-electron chi connectivity index (χ4n) is 2.61. The maximum absolute atomic E-state index is 12.3. The summed E-state index contributed by atoms with van der Waals surface area (Å²) >= 11 is 11.8. The predicted octanol–water partition coefficient (Wildman–Crippen LogP) is -5.14. The number of amides is 6. The molecule has 0 aliphatic carbocycles. The SMILES string of the molecule is N[C@@H](CS)C(=O)NCC(=O)N[C@@H](CS)C(=O)NCC(=O)N[C@@H](CS)C(=O)NCC(=O)N[C@@H](CCC(=O)O)C(=O)O. The molecule has 0 aromatic heterocycles. The van der Waals surface area contributed by atoms with E-state index in [2.05, 4.69) is 69.8 Å². The second-order valence-corrected chi connectivity index (χ2v) is 9.03. The van der Waals surface area contributed by atoms with Crippen molar-refractivity contribution in [1.29, 1.82) is 0 Å². The van der Waals surface area contributed by atoms with E-state index in [0.717, 1.165) is 0 Å². The first-order valence-electron chi connectivity index (χ1n) is 11.5. The van der Waals surface area contributed by atoms with E-state index < -0.39 is 97.6 Å². The van der Waals surface area contributed by atoms with Crippen LogP contribution in [-0.4, -0.2) is 119 Å². The molecule has 0 heterocycles. The third-order valence-electron chi connectivity index (χ3n) is 4.75. The first kappa shape index (κ1) is 36.8. The van der Waals surface area contributed by atoms with E-state index in [4.69, 9.17) is 15.9 Å². The number of carbonyl (C=O) groups is 8. The summed E-state index contributed by atoms with van der Waals surface area (Å²) in [5.74, 6) is -7.68. The number of hydrogen-bond acceptors (Lipinski definition) is 12. The zero-order valence-electron chi connectivity index (χ0n) is 21.0. The van der Waals surface area contributed by atoms with Gasteiger partial charge in [0, 0.05) is 23.7 Å². The minimum absolute atomic E-state index is 0.0612. The zero-order chi connectivity index (χ0) is 30.8. The second kappa shape index (κ2) is 19.8. The molecular weight excluding hydrogens is 594 g/mol. The van der Waals surface area contributed by atoms with Crippen LogP contribution in [-0.2, 0) is 38.4 Å². The van der Waals surface area contributed by atoms with Gasteiger partial charge in [-0.3, -0.25) is 33.6 Å². The van der Waals surface area contributed by atoms with Gasteiger partial charge in [0.15, 0.2) is 0 Å². The standard InChI is InChI=1S/C20H33N7O10S3/c21-9(6-38)17(33)22-3-14(29)26-11(7-39)19(35)24-5-15(30)27-12(8-40)18(34)23-4-13(28)25-10(20(36)37)1-2-16(31)32/h9-12,38-40H,1-8,21H2,(H,22,33)(H,23,34)(H,24,35)(H,25,28)(H,26,29)(H,27,30)(H,31,32)(H,36,37)/t9-,10-,11-,12-/m0/s1. The molecule has 0 radical (unpaired) electrons. The number of carboxylic acids is 2. The number of hydrogen-bond donors (Lipinski definition) is 12. The molecule has 0 aliphatic heterocycles. The lowest BCUT2D eigenvalue weighted by molar-refractivity contribution is -0.143. The predicted molar refractivity (Wildman–Crippen MR) is 149 cm³/mol. The summed E-state index contributed by atoms with van der Waals surface area (Å²) in [6.45, 7) is -1.74. The highest BCUT2D eigenvalue weighted by atomic mass is 32.1. The molecule has 0 saturated carbocycles. The van der Waals surface area contributed by atoms with Crippen molar-refractivity contribution in [3.63, 3.8) is 0 Å². The van der Waals surface area contributed by atoms with Gasteiger partial charge in [0.05, 0.1) is 25.7 Å². The van der Waals surface area contributed by atoms with Crippen LogP contribution in [0, 0.1) is 0 Å². The Morgan fingerprint density at radius 1 is 0.600 bits per heavy atom. The van der Waals surface area contributed by atoms with Crippen molar-refractivity contribution in [3.05, 3.63) is 0 Å². The fraction of sp³-hybridized carbons (Fsp3) is 0.600. The molecule has 0 bridgehead atoms. The molecule has 0 rings (SSSR count). The average molecular weight is 628 g/mol. The van der Waals surface area contributed by atoms with Gasteiger partial charge in [-0.15, -0.1) is 0 Å². The molecule has 0 aromatic rings. The molecular formula is C20H33N7O10S3. The minimum Gasteiger partial charge on any atom is -0.481 e. The zero-order valence-corrected chi connectivity index (χ0v) is 23.7. The van der Waals surface area contributed by atoms with Gasteiger partial charge in [0.2, 0.25) is 35.4 Å². The Bertz CT molecular complexity index is 956. The van der Waals surface area contributed by atoms with E-state index >= 15 is 0 Å². The van der Waals surface area contributed by atoms with Crippen LogP contribution in [0.5, 0.6) is 0 Å². The molecule has 0 fully saturated rings. The molecule has 4 atom stereocenters. The van der Waals surface area contributed by atoms with Gasteiger partial charge in [0.1, 0.15) is 18.1 Å². The number of aliphatic carboxylic acids is 2. The minimum atomic E-state index is -1.48. The molecule has 226 valence electrons. The van der Waals surface area contributed by atoms with Gasteiger partial charge in [-0.25, -0.2) is 4.79 Å². The molecule has 0 aliphatic rings. The Kier molecular flexibility index (Phi) is 18.2. The Morgan fingerprint density at radius 2 is 0.975 bits per heavy atom. The number of thiol groups is 3. The van der Waals surface area contributed by atoms with E-state index in [1.807, 2.05) is 0 Å². The van der Waals surface area contributed by atoms with Gasteiger partial charge in [0.25, 0.3) is 0 Å².